The number of nitrogens with zero attached hydrogens (tertiary/aromatic N) is 1. The van der Waals surface area contributed by atoms with Gasteiger partial charge in [-0.2, -0.15) is 0 Å². The number of hydrogen-bond donors (Lipinski definition) is 2. The average Bonchev–Trinajstić information content (AvgIpc) is 2.93. The van der Waals surface area contributed by atoms with Crippen LogP contribution in [-0.2, 0) is 9.47 Å². The Morgan fingerprint density at radius 3 is 2.74 bits per heavy atom. The third-order valence-corrected chi connectivity index (χ3v) is 3.71. The van der Waals surface area contributed by atoms with Crippen molar-refractivity contribution in [2.75, 3.05) is 53.6 Å². The van der Waals surface area contributed by atoms with Crippen molar-refractivity contribution < 1.29 is 14.6 Å². The van der Waals surface area contributed by atoms with Gasteiger partial charge in [-0.05, 0) is 19.9 Å². The fourth-order valence-electron chi connectivity index (χ4n) is 2.47. The monoisotopic (exact) mass is 274 g/mol. The predicted molar refractivity (Wildman–Crippen MR) is 76.5 cm³/mol. The van der Waals surface area contributed by atoms with E-state index in [1.165, 1.54) is 25.7 Å². The van der Waals surface area contributed by atoms with E-state index in [-0.39, 0.29) is 0 Å². The summed E-state index contributed by atoms with van der Waals surface area (Å²) in [5.74, 6) is 0. The van der Waals surface area contributed by atoms with Crippen molar-refractivity contribution in [3.05, 3.63) is 0 Å². The van der Waals surface area contributed by atoms with Crippen LogP contribution in [-0.4, -0.2) is 75.8 Å². The van der Waals surface area contributed by atoms with E-state index in [0.717, 1.165) is 19.1 Å². The van der Waals surface area contributed by atoms with Gasteiger partial charge in [-0.1, -0.05) is 12.8 Å². The van der Waals surface area contributed by atoms with Gasteiger partial charge in [0, 0.05) is 32.8 Å². The minimum absolute atomic E-state index is 0.370. The van der Waals surface area contributed by atoms with Crippen molar-refractivity contribution in [2.45, 2.75) is 37.8 Å². The van der Waals surface area contributed by atoms with Gasteiger partial charge < -0.3 is 24.8 Å². The van der Waals surface area contributed by atoms with Gasteiger partial charge in [-0.25, -0.2) is 0 Å². The van der Waals surface area contributed by atoms with Crippen LogP contribution in [0.4, 0.5) is 0 Å². The first-order valence-corrected chi connectivity index (χ1v) is 7.39. The van der Waals surface area contributed by atoms with Crippen molar-refractivity contribution in [3.63, 3.8) is 0 Å². The maximum absolute atomic E-state index is 9.68. The Balaban J connectivity index is 1.91. The average molecular weight is 274 g/mol. The second-order valence-electron chi connectivity index (χ2n) is 5.34. The van der Waals surface area contributed by atoms with Crippen LogP contribution >= 0.6 is 0 Å². The molecule has 0 aromatic rings. The van der Waals surface area contributed by atoms with E-state index < -0.39 is 6.10 Å². The molecule has 0 saturated heterocycles. The van der Waals surface area contributed by atoms with E-state index in [9.17, 15) is 5.11 Å². The molecule has 0 aromatic carbocycles. The van der Waals surface area contributed by atoms with Gasteiger partial charge in [-0.15, -0.1) is 0 Å². The summed E-state index contributed by atoms with van der Waals surface area (Å²) in [6.07, 6.45) is 4.99. The molecule has 0 amide bonds. The molecule has 0 heterocycles. The fraction of sp³-hybridized carbons (Fsp3) is 1.00. The predicted octanol–water partition coefficient (Wildman–Crippen LogP) is 0.474. The standard InChI is InChI=1S/C14H30N2O3/c1-16(13-5-3-4-6-13)8-7-15-11-14(17)12-19-10-9-18-2/h13-15,17H,3-12H2,1-2H3. The van der Waals surface area contributed by atoms with Crippen molar-refractivity contribution in [1.29, 1.82) is 0 Å². The number of aliphatic hydroxyl groups excluding tert-OH is 1. The molecule has 2 N–H and O–H groups in total. The van der Waals surface area contributed by atoms with Gasteiger partial charge in [0.05, 0.1) is 25.9 Å². The largest absolute Gasteiger partial charge is 0.389 e. The molecule has 0 bridgehead atoms. The van der Waals surface area contributed by atoms with Crippen LogP contribution in [0.15, 0.2) is 0 Å². The lowest BCUT2D eigenvalue weighted by molar-refractivity contribution is 0.0137. The fourth-order valence-corrected chi connectivity index (χ4v) is 2.47. The Morgan fingerprint density at radius 2 is 2.05 bits per heavy atom. The van der Waals surface area contributed by atoms with Crippen molar-refractivity contribution in [1.82, 2.24) is 10.2 Å². The molecule has 5 nitrogen and oxygen atoms in total. The molecule has 1 atom stereocenters. The first-order valence-electron chi connectivity index (χ1n) is 7.39. The lowest BCUT2D eigenvalue weighted by Gasteiger charge is -2.24. The van der Waals surface area contributed by atoms with Gasteiger partial charge in [0.1, 0.15) is 0 Å². The molecule has 1 fully saturated rings. The van der Waals surface area contributed by atoms with E-state index in [1.54, 1.807) is 7.11 Å². The maximum atomic E-state index is 9.68. The molecular weight excluding hydrogens is 244 g/mol. The first kappa shape index (κ1) is 16.9. The SMILES string of the molecule is COCCOCC(O)CNCCN(C)C1CCCC1. The number of aliphatic hydroxyl groups is 1. The Kier molecular flexibility index (Phi) is 9.38. The third-order valence-electron chi connectivity index (χ3n) is 3.71. The van der Waals surface area contributed by atoms with Crippen molar-refractivity contribution >= 4 is 0 Å². The molecule has 1 rings (SSSR count). The van der Waals surface area contributed by atoms with Crippen LogP contribution < -0.4 is 5.32 Å². The number of nitrogens with one attached hydrogen (secondary N) is 1. The molecular formula is C14H30N2O3. The summed E-state index contributed by atoms with van der Waals surface area (Å²) < 4.78 is 10.1. The second-order valence-corrected chi connectivity index (χ2v) is 5.34. The quantitative estimate of drug-likeness (QED) is 0.537. The lowest BCUT2D eigenvalue weighted by Crippen LogP contribution is -2.38. The molecule has 0 aliphatic heterocycles. The summed E-state index contributed by atoms with van der Waals surface area (Å²) in [5.41, 5.74) is 0. The Hall–Kier alpha value is -0.200. The number of rotatable bonds is 11. The van der Waals surface area contributed by atoms with Gasteiger partial charge in [-0.3, -0.25) is 0 Å². The number of hydrogen-bond acceptors (Lipinski definition) is 5. The lowest BCUT2D eigenvalue weighted by atomic mass is 10.2. The van der Waals surface area contributed by atoms with Crippen LogP contribution in [0.3, 0.4) is 0 Å². The summed E-state index contributed by atoms with van der Waals surface area (Å²) >= 11 is 0. The zero-order valence-corrected chi connectivity index (χ0v) is 12.4. The molecule has 19 heavy (non-hydrogen) atoms. The first-order chi connectivity index (χ1) is 9.24. The van der Waals surface area contributed by atoms with Crippen LogP contribution in [0.25, 0.3) is 0 Å². The van der Waals surface area contributed by atoms with Gasteiger partial charge >= 0.3 is 0 Å². The zero-order valence-electron chi connectivity index (χ0n) is 12.4. The Morgan fingerprint density at radius 1 is 1.32 bits per heavy atom. The van der Waals surface area contributed by atoms with E-state index in [1.807, 2.05) is 0 Å². The smallest absolute Gasteiger partial charge is 0.0897 e. The summed E-state index contributed by atoms with van der Waals surface area (Å²) in [6, 6.07) is 0.768. The molecule has 1 saturated carbocycles. The summed E-state index contributed by atoms with van der Waals surface area (Å²) in [7, 11) is 3.84. The number of likely N-dealkylation sites (N-methyl/N-ethyl adjacent to an activating group) is 1. The molecule has 5 heteroatoms. The summed E-state index contributed by atoms with van der Waals surface area (Å²) in [4.78, 5) is 2.43. The molecule has 0 radical (unpaired) electrons. The van der Waals surface area contributed by atoms with Gasteiger partial charge in [0.15, 0.2) is 0 Å². The van der Waals surface area contributed by atoms with Crippen LogP contribution in [0.5, 0.6) is 0 Å². The van der Waals surface area contributed by atoms with Gasteiger partial charge in [0.25, 0.3) is 0 Å². The number of methoxy groups -OCH3 is 1. The van der Waals surface area contributed by atoms with E-state index in [2.05, 4.69) is 17.3 Å². The summed E-state index contributed by atoms with van der Waals surface area (Å²) in [5, 5.41) is 13.0. The maximum Gasteiger partial charge on any atom is 0.0897 e. The highest BCUT2D eigenvalue weighted by Crippen LogP contribution is 2.21. The topological polar surface area (TPSA) is 54.0 Å². The summed E-state index contributed by atoms with van der Waals surface area (Å²) in [6.45, 7) is 4.04. The van der Waals surface area contributed by atoms with E-state index in [4.69, 9.17) is 9.47 Å². The minimum atomic E-state index is -0.436. The van der Waals surface area contributed by atoms with Crippen LogP contribution in [0, 0.1) is 0 Å². The Bertz CT molecular complexity index is 211. The molecule has 1 aliphatic rings. The van der Waals surface area contributed by atoms with Crippen molar-refractivity contribution in [2.24, 2.45) is 0 Å². The van der Waals surface area contributed by atoms with Crippen LogP contribution in [0.2, 0.25) is 0 Å². The highest BCUT2D eigenvalue weighted by Gasteiger charge is 2.18. The minimum Gasteiger partial charge on any atom is -0.389 e. The van der Waals surface area contributed by atoms with E-state index >= 15 is 0 Å². The second kappa shape index (κ2) is 10.6. The van der Waals surface area contributed by atoms with Crippen LogP contribution in [0.1, 0.15) is 25.7 Å². The highest BCUT2D eigenvalue weighted by molar-refractivity contribution is 4.75. The van der Waals surface area contributed by atoms with E-state index in [0.29, 0.717) is 26.4 Å². The molecule has 0 spiro atoms. The van der Waals surface area contributed by atoms with Crippen molar-refractivity contribution in [3.8, 4) is 0 Å². The molecule has 114 valence electrons. The molecule has 1 unspecified atom stereocenters. The van der Waals surface area contributed by atoms with Gasteiger partial charge in [0.2, 0.25) is 0 Å². The Labute approximate surface area is 117 Å². The molecule has 1 aliphatic carbocycles. The highest BCUT2D eigenvalue weighted by atomic mass is 16.5. The number of ether oxygens (including phenoxy) is 2. The third kappa shape index (κ3) is 7.84. The molecule has 0 aromatic heterocycles. The normalized spacial score (nSPS) is 18.3. The zero-order chi connectivity index (χ0) is 13.9.